The summed E-state index contributed by atoms with van der Waals surface area (Å²) in [4.78, 5) is 4.56. The van der Waals surface area contributed by atoms with Crippen molar-refractivity contribution in [2.75, 3.05) is 6.61 Å². The molecule has 0 saturated carbocycles. The molecule has 60 valence electrons. The normalized spacial score (nSPS) is 30.9. The first-order valence-corrected chi connectivity index (χ1v) is 3.73. The minimum Gasteiger partial charge on any atom is -0.307 e. The Labute approximate surface area is 61.9 Å². The molecule has 1 fully saturated rings. The highest BCUT2D eigenvalue weighted by Crippen LogP contribution is 2.21. The summed E-state index contributed by atoms with van der Waals surface area (Å²) in [6.07, 6.45) is 2.38. The first-order valence-electron chi connectivity index (χ1n) is 3.73. The molecule has 0 aromatic rings. The van der Waals surface area contributed by atoms with Crippen molar-refractivity contribution in [3.63, 3.8) is 0 Å². The van der Waals surface area contributed by atoms with E-state index in [9.17, 15) is 0 Å². The predicted octanol–water partition coefficient (Wildman–Crippen LogP) is 0.407. The van der Waals surface area contributed by atoms with Gasteiger partial charge in [-0.2, -0.15) is 0 Å². The Morgan fingerprint density at radius 2 is 2.40 bits per heavy atom. The highest BCUT2D eigenvalue weighted by molar-refractivity contribution is 4.90. The van der Waals surface area contributed by atoms with Crippen molar-refractivity contribution in [1.82, 2.24) is 5.32 Å². The smallest absolute Gasteiger partial charge is 0.0832 e. The summed E-state index contributed by atoms with van der Waals surface area (Å²) >= 11 is 0. The van der Waals surface area contributed by atoms with Gasteiger partial charge in [-0.15, -0.1) is 0 Å². The molecule has 0 aromatic carbocycles. The van der Waals surface area contributed by atoms with Crippen LogP contribution in [0.25, 0.3) is 0 Å². The maximum absolute atomic E-state index is 4.96. The zero-order valence-electron chi connectivity index (χ0n) is 6.68. The van der Waals surface area contributed by atoms with Gasteiger partial charge in [-0.3, -0.25) is 0 Å². The van der Waals surface area contributed by atoms with Crippen LogP contribution in [0.4, 0.5) is 0 Å². The maximum Gasteiger partial charge on any atom is 0.0832 e. The van der Waals surface area contributed by atoms with E-state index in [0.29, 0.717) is 12.6 Å². The fourth-order valence-corrected chi connectivity index (χ4v) is 1.47. The summed E-state index contributed by atoms with van der Waals surface area (Å²) in [5.74, 6) is 4.96. The lowest BCUT2D eigenvalue weighted by Gasteiger charge is -2.19. The standard InChI is InChI=1S/C7H16N2O/c1-7(2)4-3-6(9-7)5-10-8/h6,9H,3-5,8H2,1-2H3. The SMILES string of the molecule is CC1(C)CCC(CON)N1. The molecule has 1 saturated heterocycles. The van der Waals surface area contributed by atoms with Gasteiger partial charge in [0, 0.05) is 11.6 Å². The van der Waals surface area contributed by atoms with Crippen LogP contribution in [0.15, 0.2) is 0 Å². The zero-order valence-corrected chi connectivity index (χ0v) is 6.68. The largest absolute Gasteiger partial charge is 0.307 e. The van der Waals surface area contributed by atoms with Crippen LogP contribution in [0.1, 0.15) is 26.7 Å². The van der Waals surface area contributed by atoms with Crippen molar-refractivity contribution in [2.24, 2.45) is 5.90 Å². The van der Waals surface area contributed by atoms with E-state index in [4.69, 9.17) is 5.90 Å². The summed E-state index contributed by atoms with van der Waals surface area (Å²) < 4.78 is 0. The molecular weight excluding hydrogens is 128 g/mol. The molecule has 1 unspecified atom stereocenters. The molecule has 0 bridgehead atoms. The average Bonchev–Trinajstić information content (AvgIpc) is 2.12. The lowest BCUT2D eigenvalue weighted by Crippen LogP contribution is -2.39. The van der Waals surface area contributed by atoms with Gasteiger partial charge in [-0.1, -0.05) is 0 Å². The maximum atomic E-state index is 4.96. The summed E-state index contributed by atoms with van der Waals surface area (Å²) in [5.41, 5.74) is 0.281. The summed E-state index contributed by atoms with van der Waals surface area (Å²) in [5, 5.41) is 3.43. The van der Waals surface area contributed by atoms with Gasteiger partial charge in [0.25, 0.3) is 0 Å². The van der Waals surface area contributed by atoms with Crippen LogP contribution in [-0.4, -0.2) is 18.2 Å². The highest BCUT2D eigenvalue weighted by Gasteiger charge is 2.29. The lowest BCUT2D eigenvalue weighted by molar-refractivity contribution is 0.116. The predicted molar refractivity (Wildman–Crippen MR) is 40.4 cm³/mol. The van der Waals surface area contributed by atoms with E-state index in [1.165, 1.54) is 12.8 Å². The Morgan fingerprint density at radius 1 is 1.70 bits per heavy atom. The molecule has 1 rings (SSSR count). The van der Waals surface area contributed by atoms with E-state index < -0.39 is 0 Å². The monoisotopic (exact) mass is 144 g/mol. The van der Waals surface area contributed by atoms with Crippen LogP contribution in [0, 0.1) is 0 Å². The van der Waals surface area contributed by atoms with Crippen LogP contribution in [-0.2, 0) is 4.84 Å². The molecule has 3 nitrogen and oxygen atoms in total. The van der Waals surface area contributed by atoms with E-state index >= 15 is 0 Å². The second-order valence-electron chi connectivity index (χ2n) is 3.60. The molecule has 0 spiro atoms. The molecule has 3 heteroatoms. The van der Waals surface area contributed by atoms with E-state index in [2.05, 4.69) is 24.0 Å². The van der Waals surface area contributed by atoms with Gasteiger partial charge in [0.2, 0.25) is 0 Å². The number of hydrogen-bond donors (Lipinski definition) is 2. The van der Waals surface area contributed by atoms with Crippen molar-refractivity contribution < 1.29 is 4.84 Å². The minimum absolute atomic E-state index is 0.281. The van der Waals surface area contributed by atoms with E-state index in [-0.39, 0.29) is 5.54 Å². The van der Waals surface area contributed by atoms with Crippen molar-refractivity contribution in [3.05, 3.63) is 0 Å². The van der Waals surface area contributed by atoms with Crippen LogP contribution >= 0.6 is 0 Å². The Kier molecular flexibility index (Phi) is 2.28. The van der Waals surface area contributed by atoms with Crippen LogP contribution in [0.2, 0.25) is 0 Å². The molecule has 10 heavy (non-hydrogen) atoms. The number of hydrogen-bond acceptors (Lipinski definition) is 3. The van der Waals surface area contributed by atoms with E-state index in [1.807, 2.05) is 0 Å². The van der Waals surface area contributed by atoms with Crippen LogP contribution in [0.3, 0.4) is 0 Å². The summed E-state index contributed by atoms with van der Waals surface area (Å²) in [6, 6.07) is 0.458. The fraction of sp³-hybridized carbons (Fsp3) is 1.00. The Balaban J connectivity index is 2.29. The van der Waals surface area contributed by atoms with Crippen molar-refractivity contribution in [3.8, 4) is 0 Å². The molecule has 0 aliphatic carbocycles. The number of nitrogens with two attached hydrogens (primary N) is 1. The Morgan fingerprint density at radius 3 is 2.80 bits per heavy atom. The van der Waals surface area contributed by atoms with Crippen molar-refractivity contribution in [1.29, 1.82) is 0 Å². The van der Waals surface area contributed by atoms with Gasteiger partial charge in [0.1, 0.15) is 0 Å². The van der Waals surface area contributed by atoms with Crippen LogP contribution in [0.5, 0.6) is 0 Å². The first kappa shape index (κ1) is 7.98. The van der Waals surface area contributed by atoms with Gasteiger partial charge in [0.05, 0.1) is 6.61 Å². The molecule has 3 N–H and O–H groups in total. The van der Waals surface area contributed by atoms with E-state index in [0.717, 1.165) is 0 Å². The molecule has 0 radical (unpaired) electrons. The molecule has 1 heterocycles. The Bertz CT molecular complexity index is 114. The second-order valence-corrected chi connectivity index (χ2v) is 3.60. The number of nitrogens with one attached hydrogen (secondary N) is 1. The van der Waals surface area contributed by atoms with Gasteiger partial charge in [-0.05, 0) is 26.7 Å². The van der Waals surface area contributed by atoms with Crippen molar-refractivity contribution in [2.45, 2.75) is 38.3 Å². The topological polar surface area (TPSA) is 47.3 Å². The number of rotatable bonds is 2. The quantitative estimate of drug-likeness (QED) is 0.552. The molecular formula is C7H16N2O. The summed E-state index contributed by atoms with van der Waals surface area (Å²) in [6.45, 7) is 5.02. The first-order chi connectivity index (χ1) is 4.64. The third-order valence-corrected chi connectivity index (χ3v) is 2.01. The van der Waals surface area contributed by atoms with Gasteiger partial charge < -0.3 is 10.2 Å². The van der Waals surface area contributed by atoms with Crippen molar-refractivity contribution >= 4 is 0 Å². The average molecular weight is 144 g/mol. The third kappa shape index (κ3) is 1.94. The molecule has 1 atom stereocenters. The fourth-order valence-electron chi connectivity index (χ4n) is 1.47. The van der Waals surface area contributed by atoms with Gasteiger partial charge in [0.15, 0.2) is 0 Å². The molecule has 0 amide bonds. The highest BCUT2D eigenvalue weighted by atomic mass is 16.6. The lowest BCUT2D eigenvalue weighted by atomic mass is 10.0. The zero-order chi connectivity index (χ0) is 7.61. The van der Waals surface area contributed by atoms with Crippen LogP contribution < -0.4 is 11.2 Å². The van der Waals surface area contributed by atoms with Gasteiger partial charge in [-0.25, -0.2) is 5.90 Å². The summed E-state index contributed by atoms with van der Waals surface area (Å²) in [7, 11) is 0. The Hall–Kier alpha value is -0.120. The minimum atomic E-state index is 0.281. The van der Waals surface area contributed by atoms with E-state index in [1.54, 1.807) is 0 Å². The third-order valence-electron chi connectivity index (χ3n) is 2.01. The van der Waals surface area contributed by atoms with Gasteiger partial charge >= 0.3 is 0 Å². The molecule has 0 aromatic heterocycles. The molecule has 1 aliphatic rings. The molecule has 1 aliphatic heterocycles. The second kappa shape index (κ2) is 2.86.